The summed E-state index contributed by atoms with van der Waals surface area (Å²) >= 11 is 0. The van der Waals surface area contributed by atoms with Gasteiger partial charge in [-0.2, -0.15) is 0 Å². The molecule has 2 atom stereocenters. The molecule has 0 spiro atoms. The smallest absolute Gasteiger partial charge is 0.211 e. The average Bonchev–Trinajstić information content (AvgIpc) is 2.44. The SMILES string of the molecule is CCCCC(CCC)NS(=O)(=O)CCC1CCCCN1. The van der Waals surface area contributed by atoms with Gasteiger partial charge in [0.1, 0.15) is 0 Å². The molecule has 1 saturated heterocycles. The second kappa shape index (κ2) is 9.74. The van der Waals surface area contributed by atoms with Crippen molar-refractivity contribution in [2.24, 2.45) is 0 Å². The summed E-state index contributed by atoms with van der Waals surface area (Å²) in [7, 11) is -3.12. The third-order valence-electron chi connectivity index (χ3n) is 4.04. The summed E-state index contributed by atoms with van der Waals surface area (Å²) in [4.78, 5) is 0. The monoisotopic (exact) mass is 304 g/mol. The van der Waals surface area contributed by atoms with Gasteiger partial charge in [-0.05, 0) is 38.6 Å². The van der Waals surface area contributed by atoms with Crippen LogP contribution >= 0.6 is 0 Å². The first-order valence-electron chi connectivity index (χ1n) is 8.30. The van der Waals surface area contributed by atoms with Crippen LogP contribution in [-0.4, -0.2) is 32.8 Å². The number of piperidine rings is 1. The van der Waals surface area contributed by atoms with Gasteiger partial charge in [0, 0.05) is 12.1 Å². The lowest BCUT2D eigenvalue weighted by atomic mass is 10.0. The fourth-order valence-corrected chi connectivity index (χ4v) is 4.30. The van der Waals surface area contributed by atoms with E-state index in [4.69, 9.17) is 0 Å². The van der Waals surface area contributed by atoms with E-state index in [9.17, 15) is 8.42 Å². The van der Waals surface area contributed by atoms with Crippen LogP contribution in [0.2, 0.25) is 0 Å². The Morgan fingerprint density at radius 1 is 1.20 bits per heavy atom. The summed E-state index contributed by atoms with van der Waals surface area (Å²) in [5.74, 6) is 0.261. The molecule has 1 aliphatic heterocycles. The zero-order chi connectivity index (χ0) is 14.8. The molecule has 0 saturated carbocycles. The zero-order valence-electron chi connectivity index (χ0n) is 13.2. The molecular formula is C15H32N2O2S. The van der Waals surface area contributed by atoms with Crippen molar-refractivity contribution >= 4 is 10.0 Å². The van der Waals surface area contributed by atoms with Gasteiger partial charge in [-0.15, -0.1) is 0 Å². The fraction of sp³-hybridized carbons (Fsp3) is 1.00. The minimum Gasteiger partial charge on any atom is -0.314 e. The Balaban J connectivity index is 2.36. The molecule has 0 aromatic carbocycles. The molecule has 2 N–H and O–H groups in total. The van der Waals surface area contributed by atoms with Gasteiger partial charge < -0.3 is 5.32 Å². The Bertz CT molecular complexity index is 338. The highest BCUT2D eigenvalue weighted by Gasteiger charge is 2.20. The minimum atomic E-state index is -3.12. The number of hydrogen-bond acceptors (Lipinski definition) is 3. The minimum absolute atomic E-state index is 0.129. The Labute approximate surface area is 125 Å². The normalized spacial score (nSPS) is 21.8. The lowest BCUT2D eigenvalue weighted by molar-refractivity contribution is 0.391. The fourth-order valence-electron chi connectivity index (χ4n) is 2.84. The molecule has 2 unspecified atom stereocenters. The summed E-state index contributed by atoms with van der Waals surface area (Å²) in [6.07, 6.45) is 9.45. The van der Waals surface area contributed by atoms with E-state index in [1.807, 2.05) is 0 Å². The van der Waals surface area contributed by atoms with Crippen molar-refractivity contribution in [2.45, 2.75) is 83.7 Å². The summed E-state index contributed by atoms with van der Waals surface area (Å²) in [5, 5.41) is 3.41. The highest BCUT2D eigenvalue weighted by atomic mass is 32.2. The number of nitrogens with one attached hydrogen (secondary N) is 2. The summed E-state index contributed by atoms with van der Waals surface area (Å²) in [5.41, 5.74) is 0. The summed E-state index contributed by atoms with van der Waals surface area (Å²) < 4.78 is 27.3. The Kier molecular flexibility index (Phi) is 8.73. The van der Waals surface area contributed by atoms with Crippen LogP contribution in [0.25, 0.3) is 0 Å². The third-order valence-corrected chi connectivity index (χ3v) is 5.50. The highest BCUT2D eigenvalue weighted by Crippen LogP contribution is 2.12. The molecular weight excluding hydrogens is 272 g/mol. The van der Waals surface area contributed by atoms with E-state index in [1.54, 1.807) is 0 Å². The van der Waals surface area contributed by atoms with Crippen LogP contribution < -0.4 is 10.0 Å². The standard InChI is InChI=1S/C15H32N2O2S/c1-3-5-9-15(8-4-2)17-20(18,19)13-11-14-10-6-7-12-16-14/h14-17H,3-13H2,1-2H3. The Morgan fingerprint density at radius 3 is 2.60 bits per heavy atom. The highest BCUT2D eigenvalue weighted by molar-refractivity contribution is 7.89. The topological polar surface area (TPSA) is 58.2 Å². The molecule has 0 amide bonds. The molecule has 1 aliphatic rings. The van der Waals surface area contributed by atoms with Gasteiger partial charge in [0.15, 0.2) is 0 Å². The summed E-state index contributed by atoms with van der Waals surface area (Å²) in [6, 6.07) is 0.518. The molecule has 0 aliphatic carbocycles. The van der Waals surface area contributed by atoms with Gasteiger partial charge >= 0.3 is 0 Å². The lowest BCUT2D eigenvalue weighted by Gasteiger charge is -2.24. The van der Waals surface area contributed by atoms with Crippen LogP contribution in [0.3, 0.4) is 0 Å². The zero-order valence-corrected chi connectivity index (χ0v) is 14.0. The maximum absolute atomic E-state index is 12.2. The van der Waals surface area contributed by atoms with Crippen molar-refractivity contribution < 1.29 is 8.42 Å². The van der Waals surface area contributed by atoms with E-state index in [0.29, 0.717) is 6.04 Å². The van der Waals surface area contributed by atoms with Crippen LogP contribution in [0.15, 0.2) is 0 Å². The first kappa shape index (κ1) is 17.9. The van der Waals surface area contributed by atoms with Crippen molar-refractivity contribution in [3.05, 3.63) is 0 Å². The van der Waals surface area contributed by atoms with Crippen molar-refractivity contribution in [1.29, 1.82) is 0 Å². The van der Waals surface area contributed by atoms with Gasteiger partial charge in [-0.3, -0.25) is 0 Å². The number of hydrogen-bond donors (Lipinski definition) is 2. The largest absolute Gasteiger partial charge is 0.314 e. The van der Waals surface area contributed by atoms with E-state index in [-0.39, 0.29) is 11.8 Å². The molecule has 0 bridgehead atoms. The number of sulfonamides is 1. The van der Waals surface area contributed by atoms with Gasteiger partial charge in [0.2, 0.25) is 10.0 Å². The van der Waals surface area contributed by atoms with Crippen LogP contribution in [0.5, 0.6) is 0 Å². The molecule has 0 aromatic rings. The van der Waals surface area contributed by atoms with Crippen LogP contribution in [-0.2, 0) is 10.0 Å². The first-order chi connectivity index (χ1) is 9.57. The average molecular weight is 305 g/mol. The molecule has 4 nitrogen and oxygen atoms in total. The Hall–Kier alpha value is -0.130. The van der Waals surface area contributed by atoms with Crippen molar-refractivity contribution in [2.75, 3.05) is 12.3 Å². The quantitative estimate of drug-likeness (QED) is 0.652. The second-order valence-corrected chi connectivity index (χ2v) is 7.87. The molecule has 1 heterocycles. The second-order valence-electron chi connectivity index (χ2n) is 6.00. The summed E-state index contributed by atoms with van der Waals surface area (Å²) in [6.45, 7) is 5.29. The third kappa shape index (κ3) is 7.60. The van der Waals surface area contributed by atoms with Crippen LogP contribution in [0.4, 0.5) is 0 Å². The molecule has 5 heteroatoms. The number of rotatable bonds is 10. The maximum Gasteiger partial charge on any atom is 0.211 e. The van der Waals surface area contributed by atoms with E-state index >= 15 is 0 Å². The molecule has 0 radical (unpaired) electrons. The molecule has 1 fully saturated rings. The van der Waals surface area contributed by atoms with Crippen molar-refractivity contribution in [3.63, 3.8) is 0 Å². The van der Waals surface area contributed by atoms with Gasteiger partial charge in [0.25, 0.3) is 0 Å². The predicted octanol–water partition coefficient (Wildman–Crippen LogP) is 2.80. The van der Waals surface area contributed by atoms with Gasteiger partial charge in [-0.1, -0.05) is 39.5 Å². The molecule has 20 heavy (non-hydrogen) atoms. The van der Waals surface area contributed by atoms with Crippen molar-refractivity contribution in [3.8, 4) is 0 Å². The van der Waals surface area contributed by atoms with E-state index in [2.05, 4.69) is 23.9 Å². The van der Waals surface area contributed by atoms with Gasteiger partial charge in [-0.25, -0.2) is 13.1 Å². The molecule has 120 valence electrons. The van der Waals surface area contributed by atoms with Crippen LogP contribution in [0, 0.1) is 0 Å². The van der Waals surface area contributed by atoms with E-state index in [1.165, 1.54) is 12.8 Å². The van der Waals surface area contributed by atoms with Crippen molar-refractivity contribution in [1.82, 2.24) is 10.0 Å². The molecule has 0 aromatic heterocycles. The van der Waals surface area contributed by atoms with Crippen LogP contribution in [0.1, 0.15) is 71.6 Å². The Morgan fingerprint density at radius 2 is 2.00 bits per heavy atom. The predicted molar refractivity (Wildman–Crippen MR) is 85.4 cm³/mol. The van der Waals surface area contributed by atoms with E-state index < -0.39 is 10.0 Å². The lowest BCUT2D eigenvalue weighted by Crippen LogP contribution is -2.40. The molecule has 1 rings (SSSR count). The van der Waals surface area contributed by atoms with Gasteiger partial charge in [0.05, 0.1) is 5.75 Å². The maximum atomic E-state index is 12.2. The number of unbranched alkanes of at least 4 members (excludes halogenated alkanes) is 1. The van der Waals surface area contributed by atoms with E-state index in [0.717, 1.165) is 51.5 Å². The first-order valence-corrected chi connectivity index (χ1v) is 9.96.